The zero-order valence-electron chi connectivity index (χ0n) is 29.9. The Morgan fingerprint density at radius 2 is 1.78 bits per heavy atom. The van der Waals surface area contributed by atoms with E-state index in [9.17, 15) is 9.59 Å². The molecule has 0 bridgehead atoms. The van der Waals surface area contributed by atoms with E-state index in [0.717, 1.165) is 19.3 Å². The molecule has 2 fully saturated rings. The number of benzene rings is 2. The van der Waals surface area contributed by atoms with Crippen molar-refractivity contribution in [2.75, 3.05) is 43.1 Å². The molecule has 4 aromatic rings. The number of carbonyl (C=O) groups is 2. The number of carbonyl (C=O) groups excluding carboxylic acids is 2. The number of anilines is 2. The number of imidazole rings is 1. The van der Waals surface area contributed by atoms with Gasteiger partial charge in [0.15, 0.2) is 11.6 Å². The van der Waals surface area contributed by atoms with Crippen LogP contribution in [0.1, 0.15) is 86.0 Å². The number of amides is 2. The Balaban J connectivity index is 1.19. The molecule has 51 heavy (non-hydrogen) atoms. The van der Waals surface area contributed by atoms with Crippen LogP contribution in [0.4, 0.5) is 29.3 Å². The highest BCUT2D eigenvalue weighted by Gasteiger charge is 2.33. The largest absolute Gasteiger partial charge is 0.453 e. The first kappa shape index (κ1) is 36.5. The maximum absolute atomic E-state index is 15.8. The highest BCUT2D eigenvalue weighted by atomic mass is 32.1. The number of H-pyrrole nitrogens is 1. The summed E-state index contributed by atoms with van der Waals surface area (Å²) in [5, 5.41) is 2.63. The van der Waals surface area contributed by atoms with Crippen LogP contribution >= 0.6 is 11.3 Å². The lowest BCUT2D eigenvalue weighted by Gasteiger charge is -2.34. The molecule has 2 N–H and O–H groups in total. The molecule has 13 heteroatoms. The molecule has 1 unspecified atom stereocenters. The minimum Gasteiger partial charge on any atom is -0.453 e. The predicted octanol–water partition coefficient (Wildman–Crippen LogP) is 8.19. The van der Waals surface area contributed by atoms with Crippen LogP contribution in [-0.2, 0) is 16.1 Å². The van der Waals surface area contributed by atoms with Gasteiger partial charge in [0, 0.05) is 53.3 Å². The van der Waals surface area contributed by atoms with Crippen molar-refractivity contribution < 1.29 is 27.5 Å². The number of nitrogens with zero attached hydrogens (tertiary/aromatic N) is 4. The molecule has 0 radical (unpaired) electrons. The molecular formula is C38H47F3N6O3S. The Morgan fingerprint density at radius 1 is 1.06 bits per heavy atom. The average Bonchev–Trinajstić information content (AvgIpc) is 3.86. The molecular weight excluding hydrogens is 678 g/mol. The molecule has 274 valence electrons. The summed E-state index contributed by atoms with van der Waals surface area (Å²) in [5.74, 6) is -1.25. The quantitative estimate of drug-likeness (QED) is 0.162. The Labute approximate surface area is 301 Å². The van der Waals surface area contributed by atoms with Crippen molar-refractivity contribution in [3.8, 4) is 0 Å². The van der Waals surface area contributed by atoms with Crippen LogP contribution < -0.4 is 15.1 Å². The van der Waals surface area contributed by atoms with Crippen molar-refractivity contribution in [3.05, 3.63) is 75.0 Å². The van der Waals surface area contributed by atoms with Gasteiger partial charge in [-0.05, 0) is 81.2 Å². The highest BCUT2D eigenvalue weighted by molar-refractivity contribution is 7.12. The Hall–Kier alpha value is -4.26. The van der Waals surface area contributed by atoms with Gasteiger partial charge in [-0.2, -0.15) is 0 Å². The fourth-order valence-electron chi connectivity index (χ4n) is 7.52. The molecule has 2 atom stereocenters. The standard InChI is InChI=1S/C38H47F3N6O3S/c1-6-13-46(37(48)35(22(2)3)44-38(49)50-5)21-34-42-30-19-26(27(39)20-31(30)43-34)32-8-7-14-47(32)25-17-28(40)36(29(41)18-25)45-15-11-24(12-16-45)33-10-9-23(4)51-33/h9-10,17-20,22,24,32,35H,6-8,11-16,21H2,1-5H3,(H,42,43)(H,44,49)/t32-,35?/m1/s1. The van der Waals surface area contributed by atoms with E-state index in [1.165, 1.54) is 35.1 Å². The molecule has 9 nitrogen and oxygen atoms in total. The van der Waals surface area contributed by atoms with Gasteiger partial charge in [-0.25, -0.2) is 22.9 Å². The SMILES string of the molecule is CCCN(Cc1nc2cc(F)c([C@H]3CCCN3c3cc(F)c(N4CCC(c5ccc(C)s5)CC4)c(F)c3)cc2[nH]1)C(=O)C(NC(=O)OC)C(C)C. The molecule has 4 heterocycles. The van der Waals surface area contributed by atoms with Crippen molar-refractivity contribution in [1.29, 1.82) is 0 Å². The second kappa shape index (κ2) is 15.5. The van der Waals surface area contributed by atoms with Crippen LogP contribution in [-0.4, -0.2) is 66.2 Å². The number of methoxy groups -OCH3 is 1. The molecule has 2 aromatic carbocycles. The summed E-state index contributed by atoms with van der Waals surface area (Å²) in [4.78, 5) is 41.2. The van der Waals surface area contributed by atoms with Crippen LogP contribution in [0.3, 0.4) is 0 Å². The van der Waals surface area contributed by atoms with E-state index in [2.05, 4.69) is 34.3 Å². The third-order valence-corrected chi connectivity index (χ3v) is 11.3. The van der Waals surface area contributed by atoms with E-state index in [1.54, 1.807) is 22.3 Å². The molecule has 0 aliphatic carbocycles. The maximum Gasteiger partial charge on any atom is 0.407 e. The number of rotatable bonds is 11. The molecule has 2 saturated heterocycles. The van der Waals surface area contributed by atoms with Gasteiger partial charge < -0.3 is 29.7 Å². The summed E-state index contributed by atoms with van der Waals surface area (Å²) in [6.45, 7) is 9.97. The smallest absolute Gasteiger partial charge is 0.407 e. The van der Waals surface area contributed by atoms with E-state index in [1.807, 2.05) is 30.6 Å². The summed E-state index contributed by atoms with van der Waals surface area (Å²) in [6.07, 6.45) is 3.02. The zero-order valence-corrected chi connectivity index (χ0v) is 30.7. The lowest BCUT2D eigenvalue weighted by atomic mass is 9.95. The summed E-state index contributed by atoms with van der Waals surface area (Å²) >= 11 is 1.79. The summed E-state index contributed by atoms with van der Waals surface area (Å²) in [5.41, 5.74) is 1.81. The number of piperidine rings is 1. The summed E-state index contributed by atoms with van der Waals surface area (Å²) in [6, 6.07) is 8.92. The second-order valence-electron chi connectivity index (χ2n) is 14.0. The Morgan fingerprint density at radius 3 is 2.41 bits per heavy atom. The molecule has 2 aliphatic heterocycles. The topological polar surface area (TPSA) is 93.8 Å². The third-order valence-electron chi connectivity index (χ3n) is 10.1. The lowest BCUT2D eigenvalue weighted by Crippen LogP contribution is -2.51. The van der Waals surface area contributed by atoms with Crippen molar-refractivity contribution in [2.45, 2.75) is 84.3 Å². The first-order valence-electron chi connectivity index (χ1n) is 17.9. The number of aryl methyl sites for hydroxylation is 1. The first-order chi connectivity index (χ1) is 24.5. The average molecular weight is 725 g/mol. The number of hydrogen-bond acceptors (Lipinski definition) is 7. The lowest BCUT2D eigenvalue weighted by molar-refractivity contribution is -0.135. The zero-order chi connectivity index (χ0) is 36.4. The summed E-state index contributed by atoms with van der Waals surface area (Å²) < 4.78 is 52.0. The Bertz CT molecular complexity index is 1850. The van der Waals surface area contributed by atoms with E-state index < -0.39 is 35.6 Å². The van der Waals surface area contributed by atoms with E-state index in [0.29, 0.717) is 73.0 Å². The Kier molecular flexibility index (Phi) is 11.1. The van der Waals surface area contributed by atoms with Crippen LogP contribution in [0.5, 0.6) is 0 Å². The van der Waals surface area contributed by atoms with Gasteiger partial charge in [0.1, 0.15) is 23.4 Å². The number of nitrogens with one attached hydrogen (secondary N) is 2. The molecule has 2 aliphatic rings. The van der Waals surface area contributed by atoms with Crippen LogP contribution in [0.25, 0.3) is 11.0 Å². The van der Waals surface area contributed by atoms with E-state index in [-0.39, 0.29) is 24.1 Å². The molecule has 0 spiro atoms. The van der Waals surface area contributed by atoms with Crippen molar-refractivity contribution in [3.63, 3.8) is 0 Å². The fraction of sp³-hybridized carbons (Fsp3) is 0.500. The number of halogens is 3. The monoisotopic (exact) mass is 724 g/mol. The van der Waals surface area contributed by atoms with Gasteiger partial charge in [-0.1, -0.05) is 20.8 Å². The normalized spacial score (nSPS) is 17.4. The van der Waals surface area contributed by atoms with Crippen molar-refractivity contribution >= 4 is 45.7 Å². The van der Waals surface area contributed by atoms with Gasteiger partial charge in [-0.15, -0.1) is 11.3 Å². The first-order valence-corrected chi connectivity index (χ1v) is 18.7. The predicted molar refractivity (Wildman–Crippen MR) is 195 cm³/mol. The maximum atomic E-state index is 15.8. The van der Waals surface area contributed by atoms with Gasteiger partial charge in [0.2, 0.25) is 5.91 Å². The minimum absolute atomic E-state index is 0.00397. The number of alkyl carbamates (subject to hydrolysis) is 1. The number of aromatic nitrogens is 2. The molecule has 6 rings (SSSR count). The number of aromatic amines is 1. The highest BCUT2D eigenvalue weighted by Crippen LogP contribution is 2.41. The molecule has 2 aromatic heterocycles. The molecule has 2 amide bonds. The number of ether oxygens (including phenoxy) is 1. The summed E-state index contributed by atoms with van der Waals surface area (Å²) in [7, 11) is 1.25. The minimum atomic E-state index is -0.789. The van der Waals surface area contributed by atoms with Crippen LogP contribution in [0, 0.1) is 30.3 Å². The van der Waals surface area contributed by atoms with Gasteiger partial charge >= 0.3 is 6.09 Å². The van der Waals surface area contributed by atoms with E-state index >= 15 is 13.2 Å². The van der Waals surface area contributed by atoms with Gasteiger partial charge in [0.25, 0.3) is 0 Å². The van der Waals surface area contributed by atoms with Gasteiger partial charge in [0.05, 0.1) is 30.7 Å². The van der Waals surface area contributed by atoms with E-state index in [4.69, 9.17) is 4.74 Å². The van der Waals surface area contributed by atoms with Crippen LogP contribution in [0.2, 0.25) is 0 Å². The number of thiophene rings is 1. The van der Waals surface area contributed by atoms with Gasteiger partial charge in [-0.3, -0.25) is 4.79 Å². The number of fused-ring (bicyclic) bond motifs is 1. The second-order valence-corrected chi connectivity index (χ2v) is 15.3. The van der Waals surface area contributed by atoms with Crippen molar-refractivity contribution in [1.82, 2.24) is 20.2 Å². The molecule has 0 saturated carbocycles. The third kappa shape index (κ3) is 7.83. The fourth-order valence-corrected chi connectivity index (χ4v) is 8.57. The number of hydrogen-bond donors (Lipinski definition) is 2. The van der Waals surface area contributed by atoms with Crippen LogP contribution in [0.15, 0.2) is 36.4 Å². The van der Waals surface area contributed by atoms with Crippen molar-refractivity contribution in [2.24, 2.45) is 5.92 Å².